The molecular formula is C17H19N3O5. The molecule has 25 heavy (non-hydrogen) atoms. The summed E-state index contributed by atoms with van der Waals surface area (Å²) in [6, 6.07) is 3.01. The highest BCUT2D eigenvalue weighted by Crippen LogP contribution is 2.34. The third kappa shape index (κ3) is 3.10. The molecule has 0 amide bonds. The minimum atomic E-state index is -0.524. The highest BCUT2D eigenvalue weighted by molar-refractivity contribution is 5.83. The molecule has 4 rings (SSSR count). The Morgan fingerprint density at radius 1 is 1.36 bits per heavy atom. The molecule has 8 heteroatoms. The zero-order chi connectivity index (χ0) is 17.4. The molecule has 3 heterocycles. The summed E-state index contributed by atoms with van der Waals surface area (Å²) < 4.78 is 11.9. The van der Waals surface area contributed by atoms with Gasteiger partial charge < -0.3 is 19.9 Å². The number of hydrogen-bond acceptors (Lipinski definition) is 7. The number of aliphatic hydroxyl groups excluding tert-OH is 1. The van der Waals surface area contributed by atoms with Crippen LogP contribution in [0.25, 0.3) is 10.9 Å². The number of nitrogens with zero attached hydrogens (tertiary/aromatic N) is 2. The normalized spacial score (nSPS) is 22.3. The van der Waals surface area contributed by atoms with Crippen LogP contribution in [0.4, 0.5) is 0 Å². The largest absolute Gasteiger partial charge is 0.454 e. The number of carbonyl (C=O) groups is 1. The molecule has 0 aliphatic carbocycles. The molecule has 2 N–H and O–H groups in total. The number of ether oxygens (including phenoxy) is 2. The van der Waals surface area contributed by atoms with Gasteiger partial charge in [-0.15, -0.1) is 0 Å². The van der Waals surface area contributed by atoms with Crippen molar-refractivity contribution in [3.63, 3.8) is 0 Å². The van der Waals surface area contributed by atoms with Crippen LogP contribution >= 0.6 is 0 Å². The molecule has 0 unspecified atom stereocenters. The molecular weight excluding hydrogens is 326 g/mol. The smallest absolute Gasteiger partial charge is 0.261 e. The molecule has 2 aliphatic heterocycles. The zero-order valence-corrected chi connectivity index (χ0v) is 13.6. The SMILES string of the molecule is O=C(C[C@H]1NCCC[C@@H]1O)Cn1cnc2cc3c(cc2c1=O)OCO3. The Morgan fingerprint density at radius 3 is 2.96 bits per heavy atom. The number of carbonyl (C=O) groups excluding carboxylic acids is 1. The fraction of sp³-hybridized carbons (Fsp3) is 0.471. The molecule has 1 saturated heterocycles. The molecule has 0 bridgehead atoms. The van der Waals surface area contributed by atoms with Gasteiger partial charge >= 0.3 is 0 Å². The van der Waals surface area contributed by atoms with Crippen LogP contribution in [-0.4, -0.2) is 45.9 Å². The minimum Gasteiger partial charge on any atom is -0.454 e. The second-order valence-corrected chi connectivity index (χ2v) is 6.41. The van der Waals surface area contributed by atoms with Gasteiger partial charge in [-0.05, 0) is 25.5 Å². The minimum absolute atomic E-state index is 0.0683. The van der Waals surface area contributed by atoms with Gasteiger partial charge in [0.1, 0.15) is 0 Å². The molecule has 0 saturated carbocycles. The molecule has 0 radical (unpaired) electrons. The molecule has 2 aliphatic rings. The van der Waals surface area contributed by atoms with E-state index in [4.69, 9.17) is 9.47 Å². The van der Waals surface area contributed by atoms with Crippen molar-refractivity contribution >= 4 is 16.7 Å². The number of aromatic nitrogens is 2. The Labute approximate surface area is 143 Å². The van der Waals surface area contributed by atoms with Gasteiger partial charge in [0.05, 0.1) is 29.9 Å². The van der Waals surface area contributed by atoms with E-state index in [9.17, 15) is 14.7 Å². The average Bonchev–Trinajstić information content (AvgIpc) is 3.05. The predicted molar refractivity (Wildman–Crippen MR) is 88.8 cm³/mol. The summed E-state index contributed by atoms with van der Waals surface area (Å²) in [4.78, 5) is 29.2. The van der Waals surface area contributed by atoms with Crippen LogP contribution in [0.5, 0.6) is 11.5 Å². The van der Waals surface area contributed by atoms with Crippen molar-refractivity contribution in [3.05, 3.63) is 28.8 Å². The van der Waals surface area contributed by atoms with Gasteiger partial charge in [0.2, 0.25) is 6.79 Å². The van der Waals surface area contributed by atoms with E-state index in [0.717, 1.165) is 13.0 Å². The van der Waals surface area contributed by atoms with E-state index in [1.54, 1.807) is 12.1 Å². The summed E-state index contributed by atoms with van der Waals surface area (Å²) in [5.41, 5.74) is 0.205. The molecule has 1 fully saturated rings. The van der Waals surface area contributed by atoms with Gasteiger partial charge in [-0.25, -0.2) is 4.98 Å². The standard InChI is InChI=1S/C17H19N3O5/c21-10(4-13-14(22)2-1-3-18-13)7-20-8-19-12-6-16-15(24-9-25-16)5-11(12)17(20)23/h5-6,8,13-14,18,22H,1-4,7,9H2/t13-,14+/m1/s1. The highest BCUT2D eigenvalue weighted by atomic mass is 16.7. The molecule has 0 spiro atoms. The first-order valence-corrected chi connectivity index (χ1v) is 8.34. The number of rotatable bonds is 4. The van der Waals surface area contributed by atoms with Crippen molar-refractivity contribution in [2.24, 2.45) is 0 Å². The second-order valence-electron chi connectivity index (χ2n) is 6.41. The Balaban J connectivity index is 1.55. The Kier molecular flexibility index (Phi) is 4.14. The first-order valence-electron chi connectivity index (χ1n) is 8.34. The lowest BCUT2D eigenvalue weighted by atomic mass is 9.97. The van der Waals surface area contributed by atoms with Gasteiger partial charge in [0.15, 0.2) is 17.3 Å². The Bertz CT molecular complexity index is 878. The first-order chi connectivity index (χ1) is 12.1. The van der Waals surface area contributed by atoms with Crippen LogP contribution in [-0.2, 0) is 11.3 Å². The van der Waals surface area contributed by atoms with Gasteiger partial charge in [0.25, 0.3) is 5.56 Å². The molecule has 1 aromatic heterocycles. The van der Waals surface area contributed by atoms with Crippen molar-refractivity contribution in [3.8, 4) is 11.5 Å². The van der Waals surface area contributed by atoms with E-state index in [1.807, 2.05) is 0 Å². The van der Waals surface area contributed by atoms with Gasteiger partial charge in [-0.2, -0.15) is 0 Å². The third-order valence-corrected chi connectivity index (χ3v) is 4.66. The number of fused-ring (bicyclic) bond motifs is 2. The van der Waals surface area contributed by atoms with Crippen LogP contribution in [0.3, 0.4) is 0 Å². The van der Waals surface area contributed by atoms with Crippen molar-refractivity contribution in [1.29, 1.82) is 0 Å². The topological polar surface area (TPSA) is 103 Å². The second kappa shape index (κ2) is 6.45. The van der Waals surface area contributed by atoms with Crippen molar-refractivity contribution in [2.45, 2.75) is 38.0 Å². The number of nitrogens with one attached hydrogen (secondary N) is 1. The van der Waals surface area contributed by atoms with Crippen molar-refractivity contribution in [1.82, 2.24) is 14.9 Å². The highest BCUT2D eigenvalue weighted by Gasteiger charge is 2.25. The van der Waals surface area contributed by atoms with E-state index in [0.29, 0.717) is 28.8 Å². The fourth-order valence-electron chi connectivity index (χ4n) is 3.30. The molecule has 1 aromatic carbocycles. The monoisotopic (exact) mass is 345 g/mol. The third-order valence-electron chi connectivity index (χ3n) is 4.66. The lowest BCUT2D eigenvalue weighted by molar-refractivity contribution is -0.121. The molecule has 2 aromatic rings. The molecule has 132 valence electrons. The first kappa shape index (κ1) is 16.0. The number of ketones is 1. The van der Waals surface area contributed by atoms with Gasteiger partial charge in [-0.3, -0.25) is 14.2 Å². The number of aliphatic hydroxyl groups is 1. The zero-order valence-electron chi connectivity index (χ0n) is 13.6. The summed E-state index contributed by atoms with van der Waals surface area (Å²) in [5.74, 6) is 0.943. The maximum absolute atomic E-state index is 12.6. The maximum Gasteiger partial charge on any atom is 0.261 e. The van der Waals surface area contributed by atoms with Gasteiger partial charge in [-0.1, -0.05) is 0 Å². The van der Waals surface area contributed by atoms with Gasteiger partial charge in [0, 0.05) is 18.5 Å². The van der Waals surface area contributed by atoms with E-state index >= 15 is 0 Å². The quantitative estimate of drug-likeness (QED) is 0.816. The van der Waals surface area contributed by atoms with Crippen molar-refractivity contribution in [2.75, 3.05) is 13.3 Å². The average molecular weight is 345 g/mol. The maximum atomic E-state index is 12.6. The summed E-state index contributed by atoms with van der Waals surface area (Å²) >= 11 is 0. The number of piperidine rings is 1. The van der Waals surface area contributed by atoms with Crippen LogP contribution < -0.4 is 20.3 Å². The number of Topliss-reactive ketones (excluding diaryl/α,β-unsaturated/α-hetero) is 1. The molecule has 2 atom stereocenters. The lowest BCUT2D eigenvalue weighted by Gasteiger charge is -2.28. The van der Waals surface area contributed by atoms with Crippen LogP contribution in [0.15, 0.2) is 23.3 Å². The lowest BCUT2D eigenvalue weighted by Crippen LogP contribution is -2.46. The van der Waals surface area contributed by atoms with E-state index in [1.165, 1.54) is 10.9 Å². The van der Waals surface area contributed by atoms with E-state index in [2.05, 4.69) is 10.3 Å². The van der Waals surface area contributed by atoms with Crippen LogP contribution in [0, 0.1) is 0 Å². The van der Waals surface area contributed by atoms with E-state index in [-0.39, 0.29) is 37.1 Å². The Hall–Kier alpha value is -2.45. The number of hydrogen-bond donors (Lipinski definition) is 2. The predicted octanol–water partition coefficient (Wildman–Crippen LogP) is 0.197. The van der Waals surface area contributed by atoms with Crippen LogP contribution in [0.2, 0.25) is 0 Å². The Morgan fingerprint density at radius 2 is 2.16 bits per heavy atom. The summed E-state index contributed by atoms with van der Waals surface area (Å²) in [6.07, 6.45) is 2.62. The summed E-state index contributed by atoms with van der Waals surface area (Å²) in [7, 11) is 0. The fourth-order valence-corrected chi connectivity index (χ4v) is 3.30. The van der Waals surface area contributed by atoms with Crippen molar-refractivity contribution < 1.29 is 19.4 Å². The molecule has 8 nitrogen and oxygen atoms in total. The summed E-state index contributed by atoms with van der Waals surface area (Å²) in [6.45, 7) is 0.843. The summed E-state index contributed by atoms with van der Waals surface area (Å²) in [5, 5.41) is 13.5. The van der Waals surface area contributed by atoms with Crippen LogP contribution in [0.1, 0.15) is 19.3 Å². The van der Waals surface area contributed by atoms with E-state index < -0.39 is 6.10 Å². The number of benzene rings is 1.